The maximum atomic E-state index is 5.88. The average Bonchev–Trinajstić information content (AvgIpc) is 2.87. The van der Waals surface area contributed by atoms with Gasteiger partial charge in [0.05, 0.1) is 11.1 Å². The first-order valence-electron chi connectivity index (χ1n) is 4.00. The highest BCUT2D eigenvalue weighted by Gasteiger charge is 2.31. The summed E-state index contributed by atoms with van der Waals surface area (Å²) in [5, 5.41) is 0.557. The van der Waals surface area contributed by atoms with Crippen molar-refractivity contribution in [1.29, 1.82) is 0 Å². The highest BCUT2D eigenvalue weighted by Crippen LogP contribution is 2.38. The number of aromatic nitrogens is 2. The summed E-state index contributed by atoms with van der Waals surface area (Å²) >= 11 is 5.65. The molecule has 1 saturated carbocycles. The third-order valence-corrected chi connectivity index (χ3v) is 2.26. The molecule has 2 N–H and O–H groups in total. The minimum atomic E-state index is 0.00210. The summed E-state index contributed by atoms with van der Waals surface area (Å²) in [6, 6.07) is 0.00210. The van der Waals surface area contributed by atoms with Gasteiger partial charge in [0.25, 0.3) is 0 Å². The second-order valence-electron chi connectivity index (χ2n) is 3.12. The minimum Gasteiger partial charge on any atom is -0.321 e. The Hall–Kier alpha value is -0.670. The zero-order valence-electron chi connectivity index (χ0n) is 6.57. The number of hydrogen-bond acceptors (Lipinski definition) is 3. The first kappa shape index (κ1) is 7.95. The lowest BCUT2D eigenvalue weighted by molar-refractivity contribution is 0.593. The van der Waals surface area contributed by atoms with Crippen LogP contribution in [0, 0.1) is 5.92 Å². The van der Waals surface area contributed by atoms with Crippen LogP contribution in [-0.2, 0) is 0 Å². The minimum absolute atomic E-state index is 0.00210. The van der Waals surface area contributed by atoms with E-state index in [0.717, 1.165) is 0 Å². The van der Waals surface area contributed by atoms with Crippen molar-refractivity contribution in [3.63, 3.8) is 0 Å². The largest absolute Gasteiger partial charge is 0.321 e. The summed E-state index contributed by atoms with van der Waals surface area (Å²) in [5.41, 5.74) is 5.88. The molecule has 12 heavy (non-hydrogen) atoms. The third-order valence-electron chi connectivity index (χ3n) is 2.07. The van der Waals surface area contributed by atoms with Gasteiger partial charge in [-0.15, -0.1) is 0 Å². The van der Waals surface area contributed by atoms with Gasteiger partial charge in [-0.05, 0) is 18.8 Å². The number of nitrogens with two attached hydrogens (primary N) is 1. The standard InChI is InChI=1S/C8H10ClN3/c9-6-3-11-8(12-4-6)7(10)5-1-2-5/h3-5,7H,1-2,10H2. The van der Waals surface area contributed by atoms with Crippen molar-refractivity contribution in [3.05, 3.63) is 23.2 Å². The van der Waals surface area contributed by atoms with E-state index < -0.39 is 0 Å². The van der Waals surface area contributed by atoms with E-state index in [-0.39, 0.29) is 6.04 Å². The number of nitrogens with zero attached hydrogens (tertiary/aromatic N) is 2. The Balaban J connectivity index is 2.16. The van der Waals surface area contributed by atoms with E-state index in [1.165, 1.54) is 12.8 Å². The SMILES string of the molecule is NC(c1ncc(Cl)cn1)C1CC1. The second-order valence-corrected chi connectivity index (χ2v) is 3.56. The van der Waals surface area contributed by atoms with Crippen LogP contribution in [0.1, 0.15) is 24.7 Å². The summed E-state index contributed by atoms with van der Waals surface area (Å²) in [6.07, 6.45) is 5.58. The van der Waals surface area contributed by atoms with Crippen LogP contribution in [0.15, 0.2) is 12.4 Å². The van der Waals surface area contributed by atoms with Crippen LogP contribution in [0.3, 0.4) is 0 Å². The summed E-state index contributed by atoms with van der Waals surface area (Å²) < 4.78 is 0. The van der Waals surface area contributed by atoms with Crippen molar-refractivity contribution >= 4 is 11.6 Å². The zero-order valence-corrected chi connectivity index (χ0v) is 7.33. The number of rotatable bonds is 2. The monoisotopic (exact) mass is 183 g/mol. The van der Waals surface area contributed by atoms with Gasteiger partial charge in [0, 0.05) is 12.4 Å². The molecule has 1 unspecified atom stereocenters. The van der Waals surface area contributed by atoms with Gasteiger partial charge < -0.3 is 5.73 Å². The molecule has 1 aromatic heterocycles. The van der Waals surface area contributed by atoms with E-state index in [1.54, 1.807) is 12.4 Å². The Morgan fingerprint density at radius 1 is 1.42 bits per heavy atom. The first-order chi connectivity index (χ1) is 5.77. The lowest BCUT2D eigenvalue weighted by atomic mass is 10.2. The molecule has 0 aromatic carbocycles. The van der Waals surface area contributed by atoms with E-state index in [4.69, 9.17) is 17.3 Å². The van der Waals surface area contributed by atoms with Gasteiger partial charge >= 0.3 is 0 Å². The maximum Gasteiger partial charge on any atom is 0.145 e. The van der Waals surface area contributed by atoms with Gasteiger partial charge in [0.2, 0.25) is 0 Å². The van der Waals surface area contributed by atoms with Gasteiger partial charge in [-0.1, -0.05) is 11.6 Å². The lowest BCUT2D eigenvalue weighted by Crippen LogP contribution is -2.15. The molecular weight excluding hydrogens is 174 g/mol. The zero-order chi connectivity index (χ0) is 8.55. The van der Waals surface area contributed by atoms with Gasteiger partial charge in [-0.2, -0.15) is 0 Å². The van der Waals surface area contributed by atoms with Crippen LogP contribution in [0.2, 0.25) is 5.02 Å². The molecular formula is C8H10ClN3. The molecule has 2 rings (SSSR count). The summed E-state index contributed by atoms with van der Waals surface area (Å²) in [5.74, 6) is 1.30. The second kappa shape index (κ2) is 2.99. The van der Waals surface area contributed by atoms with E-state index in [2.05, 4.69) is 9.97 Å². The Morgan fingerprint density at radius 3 is 2.50 bits per heavy atom. The van der Waals surface area contributed by atoms with E-state index in [9.17, 15) is 0 Å². The number of halogens is 1. The van der Waals surface area contributed by atoms with E-state index in [0.29, 0.717) is 16.8 Å². The Bertz CT molecular complexity index is 268. The fourth-order valence-electron chi connectivity index (χ4n) is 1.16. The molecule has 1 aromatic rings. The van der Waals surface area contributed by atoms with Gasteiger partial charge in [-0.3, -0.25) is 0 Å². The molecule has 0 aliphatic heterocycles. The smallest absolute Gasteiger partial charge is 0.145 e. The average molecular weight is 184 g/mol. The van der Waals surface area contributed by atoms with Crippen molar-refractivity contribution in [2.45, 2.75) is 18.9 Å². The molecule has 4 heteroatoms. The van der Waals surface area contributed by atoms with Crippen molar-refractivity contribution in [2.24, 2.45) is 11.7 Å². The summed E-state index contributed by atoms with van der Waals surface area (Å²) in [7, 11) is 0. The fourth-order valence-corrected chi connectivity index (χ4v) is 1.26. The molecule has 1 aliphatic rings. The Labute approximate surface area is 76.0 Å². The van der Waals surface area contributed by atoms with Gasteiger partial charge in [0.1, 0.15) is 5.82 Å². The molecule has 1 heterocycles. The summed E-state index contributed by atoms with van der Waals surface area (Å²) in [6.45, 7) is 0. The predicted octanol–water partition coefficient (Wildman–Crippen LogP) is 1.54. The molecule has 1 fully saturated rings. The third kappa shape index (κ3) is 1.57. The topological polar surface area (TPSA) is 51.8 Å². The van der Waals surface area contributed by atoms with Gasteiger partial charge in [-0.25, -0.2) is 9.97 Å². The van der Waals surface area contributed by atoms with Crippen molar-refractivity contribution < 1.29 is 0 Å². The Morgan fingerprint density at radius 2 is 2.00 bits per heavy atom. The number of hydrogen-bond donors (Lipinski definition) is 1. The van der Waals surface area contributed by atoms with Crippen molar-refractivity contribution in [2.75, 3.05) is 0 Å². The normalized spacial score (nSPS) is 19.2. The molecule has 1 aliphatic carbocycles. The van der Waals surface area contributed by atoms with Crippen molar-refractivity contribution in [1.82, 2.24) is 9.97 Å². The molecule has 0 amide bonds. The molecule has 0 spiro atoms. The maximum absolute atomic E-state index is 5.88. The van der Waals surface area contributed by atoms with Crippen LogP contribution < -0.4 is 5.73 Å². The lowest BCUT2D eigenvalue weighted by Gasteiger charge is -2.06. The van der Waals surface area contributed by atoms with Crippen LogP contribution in [-0.4, -0.2) is 9.97 Å². The van der Waals surface area contributed by atoms with Crippen molar-refractivity contribution in [3.8, 4) is 0 Å². The van der Waals surface area contributed by atoms with Gasteiger partial charge in [0.15, 0.2) is 0 Å². The molecule has 3 nitrogen and oxygen atoms in total. The Kier molecular flexibility index (Phi) is 1.98. The fraction of sp³-hybridized carbons (Fsp3) is 0.500. The van der Waals surface area contributed by atoms with Crippen LogP contribution in [0.4, 0.5) is 0 Å². The van der Waals surface area contributed by atoms with Crippen LogP contribution in [0.25, 0.3) is 0 Å². The van der Waals surface area contributed by atoms with E-state index >= 15 is 0 Å². The first-order valence-corrected chi connectivity index (χ1v) is 4.38. The quantitative estimate of drug-likeness (QED) is 0.757. The molecule has 1 atom stereocenters. The highest BCUT2D eigenvalue weighted by atomic mass is 35.5. The summed E-state index contributed by atoms with van der Waals surface area (Å²) in [4.78, 5) is 8.14. The van der Waals surface area contributed by atoms with E-state index in [1.807, 2.05) is 0 Å². The van der Waals surface area contributed by atoms with Crippen LogP contribution in [0.5, 0.6) is 0 Å². The predicted molar refractivity (Wildman–Crippen MR) is 46.7 cm³/mol. The molecule has 0 radical (unpaired) electrons. The highest BCUT2D eigenvalue weighted by molar-refractivity contribution is 6.30. The molecule has 0 bridgehead atoms. The molecule has 64 valence electrons. The van der Waals surface area contributed by atoms with Crippen LogP contribution >= 0.6 is 11.6 Å². The molecule has 0 saturated heterocycles.